The fourth-order valence-electron chi connectivity index (χ4n) is 1.63. The highest BCUT2D eigenvalue weighted by Crippen LogP contribution is 2.28. The van der Waals surface area contributed by atoms with Gasteiger partial charge in [-0.15, -0.1) is 11.1 Å². The van der Waals surface area contributed by atoms with Crippen LogP contribution in [0.25, 0.3) is 0 Å². The maximum Gasteiger partial charge on any atom is 0.355 e. The molecule has 92 valence electrons. The minimum absolute atomic E-state index is 0.252. The second-order valence-electron chi connectivity index (χ2n) is 3.70. The molecule has 0 bridgehead atoms. The maximum atomic E-state index is 13.4. The number of hydrazine groups is 3. The number of carbonyl (C=O) groups is 1. The summed E-state index contributed by atoms with van der Waals surface area (Å²) in [7, 11) is 1.60. The molecule has 17 heavy (non-hydrogen) atoms. The normalized spacial score (nSPS) is 15.9. The number of urea groups is 1. The highest BCUT2D eigenvalue weighted by atomic mass is 79.9. The molecule has 0 radical (unpaired) electrons. The van der Waals surface area contributed by atoms with Gasteiger partial charge in [0.25, 0.3) is 0 Å². The summed E-state index contributed by atoms with van der Waals surface area (Å²) in [5.41, 5.74) is 7.26. The Hall–Kier alpha value is -1.18. The van der Waals surface area contributed by atoms with Gasteiger partial charge in [-0.1, -0.05) is 15.9 Å². The van der Waals surface area contributed by atoms with Crippen molar-refractivity contribution in [2.75, 3.05) is 12.1 Å². The fraction of sp³-hybridized carbons (Fsp3) is 0.300. The molecule has 1 aromatic carbocycles. The van der Waals surface area contributed by atoms with Gasteiger partial charge in [0.05, 0.1) is 5.69 Å². The van der Waals surface area contributed by atoms with E-state index in [1.54, 1.807) is 20.0 Å². The summed E-state index contributed by atoms with van der Waals surface area (Å²) in [6.45, 7) is 1.69. The van der Waals surface area contributed by atoms with Crippen LogP contribution in [0.4, 0.5) is 14.9 Å². The number of hydrogen-bond acceptors (Lipinski definition) is 3. The molecule has 2 amide bonds. The summed E-state index contributed by atoms with van der Waals surface area (Å²) in [4.78, 5) is 11.8. The topological polar surface area (TPSA) is 47.6 Å². The van der Waals surface area contributed by atoms with Crippen LogP contribution in [0.3, 0.4) is 0 Å². The van der Waals surface area contributed by atoms with E-state index in [-0.39, 0.29) is 11.8 Å². The van der Waals surface area contributed by atoms with Crippen molar-refractivity contribution in [1.29, 1.82) is 0 Å². The molecule has 2 N–H and O–H groups in total. The molecule has 0 unspecified atom stereocenters. The molecule has 0 spiro atoms. The molecule has 2 rings (SSSR count). The Labute approximate surface area is 107 Å². The first-order valence-corrected chi connectivity index (χ1v) is 6.11. The minimum Gasteiger partial charge on any atom is -0.246 e. The summed E-state index contributed by atoms with van der Waals surface area (Å²) in [6.07, 6.45) is 0. The number of nitrogens with one attached hydrogen (secondary N) is 2. The molecule has 0 saturated carbocycles. The Bertz CT molecular complexity index is 468. The third kappa shape index (κ3) is 2.01. The Kier molecular flexibility index (Phi) is 3.32. The largest absolute Gasteiger partial charge is 0.355 e. The lowest BCUT2D eigenvalue weighted by Crippen LogP contribution is -2.38. The molecule has 5 nitrogen and oxygen atoms in total. The Morgan fingerprint density at radius 1 is 1.41 bits per heavy atom. The van der Waals surface area contributed by atoms with Gasteiger partial charge in [0.15, 0.2) is 0 Å². The van der Waals surface area contributed by atoms with E-state index in [1.807, 2.05) is 0 Å². The van der Waals surface area contributed by atoms with Gasteiger partial charge in [-0.2, -0.15) is 0 Å². The number of hydrogen-bond donors (Lipinski definition) is 2. The number of amides is 2. The molecule has 0 aliphatic carbocycles. The highest BCUT2D eigenvalue weighted by Gasteiger charge is 2.28. The second-order valence-corrected chi connectivity index (χ2v) is 4.27. The van der Waals surface area contributed by atoms with Crippen LogP contribution in [0.5, 0.6) is 0 Å². The zero-order chi connectivity index (χ0) is 12.6. The van der Waals surface area contributed by atoms with Crippen molar-refractivity contribution < 1.29 is 9.18 Å². The minimum atomic E-state index is -0.281. The van der Waals surface area contributed by atoms with Gasteiger partial charge < -0.3 is 0 Å². The monoisotopic (exact) mass is 302 g/mol. The third-order valence-electron chi connectivity index (χ3n) is 2.69. The van der Waals surface area contributed by atoms with E-state index in [9.17, 15) is 9.18 Å². The molecule has 0 aromatic heterocycles. The van der Waals surface area contributed by atoms with Crippen molar-refractivity contribution in [2.45, 2.75) is 12.3 Å². The molecule has 1 saturated heterocycles. The summed E-state index contributed by atoms with van der Waals surface area (Å²) in [5.74, 6) is -0.281. The predicted molar refractivity (Wildman–Crippen MR) is 65.7 cm³/mol. The van der Waals surface area contributed by atoms with E-state index >= 15 is 0 Å². The van der Waals surface area contributed by atoms with Crippen molar-refractivity contribution in [3.8, 4) is 0 Å². The van der Waals surface area contributed by atoms with Crippen LogP contribution in [-0.2, 0) is 5.33 Å². The first kappa shape index (κ1) is 12.3. The maximum absolute atomic E-state index is 13.4. The van der Waals surface area contributed by atoms with E-state index in [1.165, 1.54) is 16.1 Å². The van der Waals surface area contributed by atoms with E-state index in [0.29, 0.717) is 16.6 Å². The van der Waals surface area contributed by atoms with Crippen LogP contribution < -0.4 is 16.1 Å². The zero-order valence-electron chi connectivity index (χ0n) is 9.42. The number of rotatable bonds is 2. The van der Waals surface area contributed by atoms with Crippen LogP contribution in [0.2, 0.25) is 0 Å². The van der Waals surface area contributed by atoms with Gasteiger partial charge >= 0.3 is 6.03 Å². The van der Waals surface area contributed by atoms with Crippen LogP contribution in [0.15, 0.2) is 12.1 Å². The quantitative estimate of drug-likeness (QED) is 0.820. The van der Waals surface area contributed by atoms with Gasteiger partial charge in [-0.25, -0.2) is 19.2 Å². The van der Waals surface area contributed by atoms with E-state index in [0.717, 1.165) is 5.56 Å². The van der Waals surface area contributed by atoms with E-state index in [2.05, 4.69) is 27.0 Å². The number of nitrogens with zero attached hydrogens (tertiary/aromatic N) is 2. The van der Waals surface area contributed by atoms with Gasteiger partial charge in [0.2, 0.25) is 0 Å². The molecule has 1 aliphatic rings. The SMILES string of the molecule is Cc1c(F)ccc(N2NNN(C)C2=O)c1CBr. The van der Waals surface area contributed by atoms with Crippen molar-refractivity contribution in [1.82, 2.24) is 16.1 Å². The van der Waals surface area contributed by atoms with Crippen molar-refractivity contribution >= 4 is 27.6 Å². The van der Waals surface area contributed by atoms with Gasteiger partial charge in [-0.3, -0.25) is 0 Å². The number of benzene rings is 1. The third-order valence-corrected chi connectivity index (χ3v) is 3.25. The van der Waals surface area contributed by atoms with Crippen molar-refractivity contribution in [3.63, 3.8) is 0 Å². The number of anilines is 1. The molecule has 1 heterocycles. The molecule has 1 fully saturated rings. The highest BCUT2D eigenvalue weighted by molar-refractivity contribution is 9.08. The lowest BCUT2D eigenvalue weighted by atomic mass is 10.1. The van der Waals surface area contributed by atoms with Gasteiger partial charge in [-0.05, 0) is 30.2 Å². The summed E-state index contributed by atoms with van der Waals surface area (Å²) >= 11 is 3.31. The van der Waals surface area contributed by atoms with Crippen LogP contribution in [0, 0.1) is 12.7 Å². The van der Waals surface area contributed by atoms with Crippen LogP contribution in [0.1, 0.15) is 11.1 Å². The number of carbonyl (C=O) groups excluding carboxylic acids is 1. The predicted octanol–water partition coefficient (Wildman–Crippen LogP) is 1.83. The van der Waals surface area contributed by atoms with E-state index in [4.69, 9.17) is 0 Å². The summed E-state index contributed by atoms with van der Waals surface area (Å²) in [6, 6.07) is 2.67. The summed E-state index contributed by atoms with van der Waals surface area (Å²) < 4.78 is 13.4. The Balaban J connectivity index is 2.46. The first-order chi connectivity index (χ1) is 8.06. The molecule has 1 aromatic rings. The molecule has 0 atom stereocenters. The Morgan fingerprint density at radius 2 is 2.12 bits per heavy atom. The van der Waals surface area contributed by atoms with Crippen molar-refractivity contribution in [2.24, 2.45) is 0 Å². The van der Waals surface area contributed by atoms with Crippen LogP contribution in [-0.4, -0.2) is 18.1 Å². The summed E-state index contributed by atoms with van der Waals surface area (Å²) in [5, 5.41) is 3.11. The molecular weight excluding hydrogens is 291 g/mol. The Morgan fingerprint density at radius 3 is 2.65 bits per heavy atom. The standard InChI is InChI=1S/C10H12BrFN4O/c1-6-7(5-11)9(4-3-8(6)12)16-10(17)15(2)13-14-16/h3-4,13-14H,5H2,1-2H3. The smallest absolute Gasteiger partial charge is 0.246 e. The molecule has 7 heteroatoms. The average molecular weight is 303 g/mol. The first-order valence-electron chi connectivity index (χ1n) is 4.99. The molecule has 1 aliphatic heterocycles. The fourth-order valence-corrected chi connectivity index (χ4v) is 2.33. The lowest BCUT2D eigenvalue weighted by Gasteiger charge is -2.18. The molecular formula is C10H12BrFN4O. The number of alkyl halides is 1. The van der Waals surface area contributed by atoms with Crippen molar-refractivity contribution in [3.05, 3.63) is 29.1 Å². The number of halogens is 2. The zero-order valence-corrected chi connectivity index (χ0v) is 11.0. The van der Waals surface area contributed by atoms with Gasteiger partial charge in [0, 0.05) is 12.4 Å². The van der Waals surface area contributed by atoms with Crippen LogP contribution >= 0.6 is 15.9 Å². The van der Waals surface area contributed by atoms with E-state index < -0.39 is 0 Å². The van der Waals surface area contributed by atoms with Gasteiger partial charge in [0.1, 0.15) is 5.82 Å². The lowest BCUT2D eigenvalue weighted by molar-refractivity contribution is 0.214. The average Bonchev–Trinajstić information content (AvgIpc) is 2.64. The second kappa shape index (κ2) is 4.59.